The van der Waals surface area contributed by atoms with Crippen molar-refractivity contribution in [2.45, 2.75) is 19.9 Å². The number of halogens is 2. The van der Waals surface area contributed by atoms with Gasteiger partial charge in [-0.3, -0.25) is 4.79 Å². The van der Waals surface area contributed by atoms with Crippen molar-refractivity contribution in [2.24, 2.45) is 5.92 Å². The molecule has 0 spiro atoms. The van der Waals surface area contributed by atoms with Gasteiger partial charge in [0.1, 0.15) is 17.1 Å². The Morgan fingerprint density at radius 1 is 1.30 bits per heavy atom. The monoisotopic (exact) mass is 387 g/mol. The lowest BCUT2D eigenvalue weighted by Crippen LogP contribution is -2.21. The number of carboxylic acids is 1. The first-order valence-electron chi connectivity index (χ1n) is 8.25. The van der Waals surface area contributed by atoms with Crippen molar-refractivity contribution in [1.82, 2.24) is 24.5 Å². The Morgan fingerprint density at radius 2 is 2.07 bits per heavy atom. The first-order valence-corrected chi connectivity index (χ1v) is 8.63. The number of hydrogen-bond donors (Lipinski definition) is 2. The molecule has 4 aromatic heterocycles. The van der Waals surface area contributed by atoms with Crippen LogP contribution < -0.4 is 0 Å². The number of rotatable bonds is 4. The van der Waals surface area contributed by atoms with Crippen molar-refractivity contribution in [3.8, 4) is 11.4 Å². The zero-order valence-corrected chi connectivity index (χ0v) is 15.2. The van der Waals surface area contributed by atoms with Crippen molar-refractivity contribution in [2.75, 3.05) is 0 Å². The molecule has 0 saturated carbocycles. The molecule has 138 valence electrons. The molecule has 0 radical (unpaired) electrons. The number of H-pyrrole nitrogens is 1. The second kappa shape index (κ2) is 6.31. The number of carboxylic acid groups (broad SMARTS) is 1. The molecule has 4 heterocycles. The van der Waals surface area contributed by atoms with Crippen molar-refractivity contribution in [1.29, 1.82) is 0 Å². The lowest BCUT2D eigenvalue weighted by molar-refractivity contribution is -0.142. The summed E-state index contributed by atoms with van der Waals surface area (Å²) in [6, 6.07) is 0.991. The Bertz CT molecular complexity index is 1190. The molecule has 4 aromatic rings. The third-order valence-corrected chi connectivity index (χ3v) is 5.11. The quantitative estimate of drug-likeness (QED) is 0.550. The Balaban J connectivity index is 1.90. The molecule has 4 rings (SSSR count). The highest BCUT2D eigenvalue weighted by Crippen LogP contribution is 2.32. The minimum Gasteiger partial charge on any atom is -0.481 e. The lowest BCUT2D eigenvalue weighted by Gasteiger charge is -2.18. The molecule has 0 saturated heterocycles. The number of aromatic nitrogens is 5. The highest BCUT2D eigenvalue weighted by atomic mass is 35.5. The van der Waals surface area contributed by atoms with Crippen LogP contribution in [0.15, 0.2) is 30.9 Å². The standard InChI is InChI=1S/C18H15ClFN5O2/c1-8(18(26)27)9(2)25-7-14(19)13-6-23-16(24-17(13)25)12-5-22-15-11(12)3-10(20)4-21-15/h3-9H,1-2H3,(H,21,22)(H,26,27)/t8-,9-/m1/s1. The molecule has 0 aromatic carbocycles. The van der Waals surface area contributed by atoms with E-state index >= 15 is 0 Å². The van der Waals surface area contributed by atoms with Crippen LogP contribution in [0.4, 0.5) is 4.39 Å². The van der Waals surface area contributed by atoms with Gasteiger partial charge in [-0.05, 0) is 19.9 Å². The van der Waals surface area contributed by atoms with Crippen molar-refractivity contribution in [3.05, 3.63) is 41.7 Å². The van der Waals surface area contributed by atoms with Crippen LogP contribution in [-0.4, -0.2) is 35.6 Å². The van der Waals surface area contributed by atoms with E-state index in [0.29, 0.717) is 38.5 Å². The van der Waals surface area contributed by atoms with Gasteiger partial charge >= 0.3 is 5.97 Å². The van der Waals surface area contributed by atoms with Gasteiger partial charge in [-0.2, -0.15) is 0 Å². The minimum atomic E-state index is -0.909. The Morgan fingerprint density at radius 3 is 2.81 bits per heavy atom. The summed E-state index contributed by atoms with van der Waals surface area (Å²) < 4.78 is 15.3. The van der Waals surface area contributed by atoms with E-state index in [2.05, 4.69) is 19.9 Å². The number of aliphatic carboxylic acids is 1. The maximum atomic E-state index is 13.6. The number of nitrogens with zero attached hydrogens (tertiary/aromatic N) is 4. The highest BCUT2D eigenvalue weighted by molar-refractivity contribution is 6.35. The number of nitrogens with one attached hydrogen (secondary N) is 1. The smallest absolute Gasteiger partial charge is 0.308 e. The molecule has 7 nitrogen and oxygen atoms in total. The highest BCUT2D eigenvalue weighted by Gasteiger charge is 2.24. The predicted molar refractivity (Wildman–Crippen MR) is 99.1 cm³/mol. The summed E-state index contributed by atoms with van der Waals surface area (Å²) in [6.45, 7) is 3.42. The van der Waals surface area contributed by atoms with Crippen LogP contribution >= 0.6 is 11.6 Å². The van der Waals surface area contributed by atoms with Crippen LogP contribution in [0.3, 0.4) is 0 Å². The summed E-state index contributed by atoms with van der Waals surface area (Å²) in [5, 5.41) is 10.9. The average molecular weight is 388 g/mol. The van der Waals surface area contributed by atoms with Crippen LogP contribution in [0.1, 0.15) is 19.9 Å². The molecule has 0 aliphatic rings. The number of carbonyl (C=O) groups is 1. The SMILES string of the molecule is C[C@H]([C@@H](C)C(=O)O)n1cc(Cl)c2cnc(-c3c[nH]c4ncc(F)cc34)nc21. The van der Waals surface area contributed by atoms with Gasteiger partial charge in [0.25, 0.3) is 0 Å². The third-order valence-electron chi connectivity index (χ3n) is 4.81. The normalized spacial score (nSPS) is 13.9. The van der Waals surface area contributed by atoms with Crippen molar-refractivity contribution >= 4 is 39.6 Å². The van der Waals surface area contributed by atoms with E-state index in [1.807, 2.05) is 0 Å². The first kappa shape index (κ1) is 17.4. The summed E-state index contributed by atoms with van der Waals surface area (Å²) in [6.07, 6.45) is 6.04. The predicted octanol–water partition coefficient (Wildman–Crippen LogP) is 4.05. The summed E-state index contributed by atoms with van der Waals surface area (Å²) >= 11 is 6.29. The van der Waals surface area contributed by atoms with E-state index in [4.69, 9.17) is 11.6 Å². The fourth-order valence-corrected chi connectivity index (χ4v) is 3.28. The summed E-state index contributed by atoms with van der Waals surface area (Å²) in [5.74, 6) is -1.64. The van der Waals surface area contributed by atoms with Gasteiger partial charge in [-0.25, -0.2) is 19.3 Å². The molecule has 2 atom stereocenters. The van der Waals surface area contributed by atoms with E-state index in [1.54, 1.807) is 37.0 Å². The molecular formula is C18H15ClFN5O2. The van der Waals surface area contributed by atoms with Gasteiger partial charge in [0.15, 0.2) is 5.82 Å². The molecule has 0 aliphatic carbocycles. The maximum absolute atomic E-state index is 13.6. The largest absolute Gasteiger partial charge is 0.481 e. The average Bonchev–Trinajstić information content (AvgIpc) is 3.21. The minimum absolute atomic E-state index is 0.368. The molecule has 0 aliphatic heterocycles. The third kappa shape index (κ3) is 2.82. The van der Waals surface area contributed by atoms with Crippen molar-refractivity contribution in [3.63, 3.8) is 0 Å². The van der Waals surface area contributed by atoms with Crippen LogP contribution in [0, 0.1) is 11.7 Å². The summed E-state index contributed by atoms with van der Waals surface area (Å²) in [7, 11) is 0. The van der Waals surface area contributed by atoms with Crippen LogP contribution in [-0.2, 0) is 4.79 Å². The fourth-order valence-electron chi connectivity index (χ4n) is 3.04. The molecule has 9 heteroatoms. The van der Waals surface area contributed by atoms with Gasteiger partial charge in [0, 0.05) is 35.6 Å². The topological polar surface area (TPSA) is 96.7 Å². The number of fused-ring (bicyclic) bond motifs is 2. The second-order valence-corrected chi connectivity index (χ2v) is 6.84. The molecule has 2 N–H and O–H groups in total. The molecule has 0 bridgehead atoms. The Hall–Kier alpha value is -3.00. The van der Waals surface area contributed by atoms with Crippen molar-refractivity contribution < 1.29 is 14.3 Å². The van der Waals surface area contributed by atoms with E-state index in [0.717, 1.165) is 6.20 Å². The van der Waals surface area contributed by atoms with Gasteiger partial charge in [0.2, 0.25) is 0 Å². The molecule has 0 fully saturated rings. The van der Waals surface area contributed by atoms with Gasteiger partial charge in [0.05, 0.1) is 22.5 Å². The van der Waals surface area contributed by atoms with Gasteiger partial charge in [-0.1, -0.05) is 11.6 Å². The van der Waals surface area contributed by atoms with Gasteiger partial charge < -0.3 is 14.7 Å². The van der Waals surface area contributed by atoms with Crippen LogP contribution in [0.25, 0.3) is 33.5 Å². The molecular weight excluding hydrogens is 373 g/mol. The zero-order chi connectivity index (χ0) is 19.3. The number of aromatic amines is 1. The molecule has 0 amide bonds. The Kier molecular flexibility index (Phi) is 4.07. The van der Waals surface area contributed by atoms with E-state index in [9.17, 15) is 14.3 Å². The zero-order valence-electron chi connectivity index (χ0n) is 14.4. The number of pyridine rings is 1. The second-order valence-electron chi connectivity index (χ2n) is 6.43. The maximum Gasteiger partial charge on any atom is 0.308 e. The van der Waals surface area contributed by atoms with Crippen LogP contribution in [0.5, 0.6) is 0 Å². The van der Waals surface area contributed by atoms with Crippen LogP contribution in [0.2, 0.25) is 5.02 Å². The molecule has 0 unspecified atom stereocenters. The van der Waals surface area contributed by atoms with E-state index in [-0.39, 0.29) is 6.04 Å². The summed E-state index contributed by atoms with van der Waals surface area (Å²) in [5.41, 5.74) is 1.64. The summed E-state index contributed by atoms with van der Waals surface area (Å²) in [4.78, 5) is 27.3. The number of hydrogen-bond acceptors (Lipinski definition) is 4. The molecule has 27 heavy (non-hydrogen) atoms. The van der Waals surface area contributed by atoms with E-state index in [1.165, 1.54) is 6.07 Å². The first-order chi connectivity index (χ1) is 12.9. The fraction of sp³-hybridized carbons (Fsp3) is 0.222. The Labute approximate surface area is 157 Å². The van der Waals surface area contributed by atoms with E-state index < -0.39 is 17.7 Å². The lowest BCUT2D eigenvalue weighted by atomic mass is 10.0. The van der Waals surface area contributed by atoms with Gasteiger partial charge in [-0.15, -0.1) is 0 Å².